The van der Waals surface area contributed by atoms with Crippen molar-refractivity contribution in [3.63, 3.8) is 0 Å². The second-order valence-corrected chi connectivity index (χ2v) is 8.84. The summed E-state index contributed by atoms with van der Waals surface area (Å²) < 4.78 is 5.59. The molecule has 1 aliphatic heterocycles. The summed E-state index contributed by atoms with van der Waals surface area (Å²) in [6.07, 6.45) is 0. The van der Waals surface area contributed by atoms with Crippen LogP contribution in [0.4, 0.5) is 11.4 Å². The fourth-order valence-corrected chi connectivity index (χ4v) is 3.67. The Morgan fingerprint density at radius 3 is 2.32 bits per heavy atom. The first-order valence-corrected chi connectivity index (χ1v) is 10.4. The molecule has 31 heavy (non-hydrogen) atoms. The molecule has 0 fully saturated rings. The fraction of sp³-hybridized carbons (Fsp3) is 0.360. The molecule has 6 nitrogen and oxygen atoms in total. The normalized spacial score (nSPS) is 16.6. The van der Waals surface area contributed by atoms with Crippen molar-refractivity contribution in [3.05, 3.63) is 65.4 Å². The number of aliphatic hydroxyl groups is 1. The van der Waals surface area contributed by atoms with E-state index in [1.165, 1.54) is 4.90 Å². The molecule has 2 aromatic rings. The minimum atomic E-state index is -0.755. The Bertz CT molecular complexity index is 1020. The number of hydrogen-bond acceptors (Lipinski definition) is 5. The van der Waals surface area contributed by atoms with E-state index in [9.17, 15) is 14.7 Å². The average molecular weight is 423 g/mol. The Kier molecular flexibility index (Phi) is 6.11. The molecule has 0 saturated carbocycles. The first kappa shape index (κ1) is 22.4. The summed E-state index contributed by atoms with van der Waals surface area (Å²) in [5.41, 5.74) is 1.67. The SMILES string of the molecule is CCOc1cccc(N2C(=O)C(O)=C(C(=O)C(C)(C)C)C2c2ccc(N(C)C)cc2)c1. The van der Waals surface area contributed by atoms with Crippen LogP contribution in [0.25, 0.3) is 0 Å². The number of ether oxygens (including phenoxy) is 1. The van der Waals surface area contributed by atoms with Crippen molar-refractivity contribution in [1.82, 2.24) is 0 Å². The molecule has 1 heterocycles. The number of aliphatic hydroxyl groups excluding tert-OH is 1. The minimum absolute atomic E-state index is 0.122. The van der Waals surface area contributed by atoms with Gasteiger partial charge in [-0.25, -0.2) is 0 Å². The summed E-state index contributed by atoms with van der Waals surface area (Å²) in [6, 6.07) is 14.0. The number of nitrogens with zero attached hydrogens (tertiary/aromatic N) is 2. The smallest absolute Gasteiger partial charge is 0.294 e. The molecule has 0 radical (unpaired) electrons. The monoisotopic (exact) mass is 422 g/mol. The lowest BCUT2D eigenvalue weighted by Crippen LogP contribution is -2.32. The zero-order chi connectivity index (χ0) is 22.9. The van der Waals surface area contributed by atoms with Gasteiger partial charge in [0.25, 0.3) is 5.91 Å². The average Bonchev–Trinajstić information content (AvgIpc) is 2.98. The van der Waals surface area contributed by atoms with Gasteiger partial charge in [0.05, 0.1) is 18.2 Å². The number of hydrogen-bond donors (Lipinski definition) is 1. The van der Waals surface area contributed by atoms with Gasteiger partial charge < -0.3 is 14.7 Å². The number of benzene rings is 2. The van der Waals surface area contributed by atoms with E-state index in [1.54, 1.807) is 39.0 Å². The van der Waals surface area contributed by atoms with Crippen LogP contribution in [0.3, 0.4) is 0 Å². The van der Waals surface area contributed by atoms with Crippen LogP contribution in [0.1, 0.15) is 39.3 Å². The molecule has 0 spiro atoms. The van der Waals surface area contributed by atoms with Crippen LogP contribution in [0, 0.1) is 5.41 Å². The Morgan fingerprint density at radius 2 is 1.77 bits per heavy atom. The molecule has 2 aromatic carbocycles. The van der Waals surface area contributed by atoms with Gasteiger partial charge >= 0.3 is 0 Å². The summed E-state index contributed by atoms with van der Waals surface area (Å²) >= 11 is 0. The summed E-state index contributed by atoms with van der Waals surface area (Å²) in [5.74, 6) is -0.737. The first-order valence-electron chi connectivity index (χ1n) is 10.4. The molecule has 0 bridgehead atoms. The van der Waals surface area contributed by atoms with Gasteiger partial charge in [-0.3, -0.25) is 14.5 Å². The minimum Gasteiger partial charge on any atom is -0.503 e. The summed E-state index contributed by atoms with van der Waals surface area (Å²) in [6.45, 7) is 7.72. The van der Waals surface area contributed by atoms with Crippen molar-refractivity contribution in [2.45, 2.75) is 33.7 Å². The lowest BCUT2D eigenvalue weighted by Gasteiger charge is -2.29. The van der Waals surface area contributed by atoms with Gasteiger partial charge in [-0.1, -0.05) is 39.0 Å². The van der Waals surface area contributed by atoms with E-state index in [-0.39, 0.29) is 11.4 Å². The number of Topliss-reactive ketones (excluding diaryl/α,β-unsaturated/α-hetero) is 1. The predicted octanol–water partition coefficient (Wildman–Crippen LogP) is 4.67. The van der Waals surface area contributed by atoms with Crippen LogP contribution < -0.4 is 14.5 Å². The molecule has 6 heteroatoms. The van der Waals surface area contributed by atoms with Gasteiger partial charge in [-0.15, -0.1) is 0 Å². The lowest BCUT2D eigenvalue weighted by molar-refractivity contribution is -0.123. The third-order valence-corrected chi connectivity index (χ3v) is 5.27. The zero-order valence-corrected chi connectivity index (χ0v) is 19.0. The molecule has 1 aliphatic rings. The third-order valence-electron chi connectivity index (χ3n) is 5.27. The number of ketones is 1. The maximum Gasteiger partial charge on any atom is 0.294 e. The molecule has 1 amide bonds. The molecule has 1 atom stereocenters. The van der Waals surface area contributed by atoms with Gasteiger partial charge in [0.15, 0.2) is 11.5 Å². The summed E-state index contributed by atoms with van der Waals surface area (Å²) in [4.78, 5) is 29.9. The first-order chi connectivity index (χ1) is 14.6. The van der Waals surface area contributed by atoms with E-state index in [0.717, 1.165) is 11.3 Å². The van der Waals surface area contributed by atoms with Gasteiger partial charge in [0, 0.05) is 37.0 Å². The maximum absolute atomic E-state index is 13.3. The Balaban J connectivity index is 2.17. The Labute approximate surface area is 183 Å². The molecular formula is C25H30N2O4. The van der Waals surface area contributed by atoms with Gasteiger partial charge in [-0.2, -0.15) is 0 Å². The van der Waals surface area contributed by atoms with Crippen LogP contribution >= 0.6 is 0 Å². The maximum atomic E-state index is 13.3. The molecule has 0 aliphatic carbocycles. The number of amides is 1. The van der Waals surface area contributed by atoms with Crippen LogP contribution in [-0.2, 0) is 9.59 Å². The molecule has 0 saturated heterocycles. The molecule has 1 unspecified atom stereocenters. The van der Waals surface area contributed by atoms with Crippen LogP contribution in [0.5, 0.6) is 5.75 Å². The molecule has 1 N–H and O–H groups in total. The van der Waals surface area contributed by atoms with E-state index < -0.39 is 23.1 Å². The van der Waals surface area contributed by atoms with Crippen LogP contribution in [0.15, 0.2) is 59.9 Å². The highest BCUT2D eigenvalue weighted by atomic mass is 16.5. The highest BCUT2D eigenvalue weighted by molar-refractivity contribution is 6.17. The van der Waals surface area contributed by atoms with Crippen molar-refractivity contribution in [3.8, 4) is 5.75 Å². The van der Waals surface area contributed by atoms with Crippen molar-refractivity contribution >= 4 is 23.1 Å². The highest BCUT2D eigenvalue weighted by Crippen LogP contribution is 2.44. The molecule has 3 rings (SSSR count). The van der Waals surface area contributed by atoms with Crippen LogP contribution in [0.2, 0.25) is 0 Å². The number of carbonyl (C=O) groups excluding carboxylic acids is 2. The zero-order valence-electron chi connectivity index (χ0n) is 19.0. The molecule has 0 aromatic heterocycles. The number of anilines is 2. The van der Waals surface area contributed by atoms with Crippen molar-refractivity contribution in [2.24, 2.45) is 5.41 Å². The lowest BCUT2D eigenvalue weighted by atomic mass is 9.82. The fourth-order valence-electron chi connectivity index (χ4n) is 3.67. The molecular weight excluding hydrogens is 392 g/mol. The second-order valence-electron chi connectivity index (χ2n) is 8.84. The Morgan fingerprint density at radius 1 is 1.13 bits per heavy atom. The highest BCUT2D eigenvalue weighted by Gasteiger charge is 2.46. The van der Waals surface area contributed by atoms with Gasteiger partial charge in [0.1, 0.15) is 5.75 Å². The van der Waals surface area contributed by atoms with E-state index in [0.29, 0.717) is 18.0 Å². The van der Waals surface area contributed by atoms with Crippen LogP contribution in [-0.4, -0.2) is 37.5 Å². The summed E-state index contributed by atoms with van der Waals surface area (Å²) in [7, 11) is 3.89. The van der Waals surface area contributed by atoms with Gasteiger partial charge in [-0.05, 0) is 36.8 Å². The van der Waals surface area contributed by atoms with Gasteiger partial charge in [0.2, 0.25) is 0 Å². The standard InChI is InChI=1S/C25H30N2O4/c1-7-31-19-10-8-9-18(15-19)27-21(16-11-13-17(14-12-16)26(5)6)20(22(28)24(27)30)23(29)25(2,3)4/h8-15,21,28H,7H2,1-6H3. The van der Waals surface area contributed by atoms with E-state index >= 15 is 0 Å². The topological polar surface area (TPSA) is 70.1 Å². The van der Waals surface area contributed by atoms with Crippen molar-refractivity contribution in [2.75, 3.05) is 30.5 Å². The Hall–Kier alpha value is -3.28. The number of carbonyl (C=O) groups is 2. The van der Waals surface area contributed by atoms with Crippen molar-refractivity contribution < 1.29 is 19.4 Å². The molecule has 164 valence electrons. The summed E-state index contributed by atoms with van der Waals surface area (Å²) in [5, 5.41) is 10.8. The van der Waals surface area contributed by atoms with E-state index in [4.69, 9.17) is 4.74 Å². The third kappa shape index (κ3) is 4.29. The largest absolute Gasteiger partial charge is 0.503 e. The van der Waals surface area contributed by atoms with E-state index in [2.05, 4.69) is 0 Å². The quantitative estimate of drug-likeness (QED) is 0.733. The number of rotatable bonds is 6. The van der Waals surface area contributed by atoms with E-state index in [1.807, 2.05) is 56.3 Å². The van der Waals surface area contributed by atoms with Crippen molar-refractivity contribution in [1.29, 1.82) is 0 Å². The second kappa shape index (κ2) is 8.46. The predicted molar refractivity (Wildman–Crippen MR) is 123 cm³/mol.